The molecule has 2 amide bonds. The lowest BCUT2D eigenvalue weighted by molar-refractivity contribution is -0.135. The number of likely N-dealkylation sites (N-methyl/N-ethyl adjacent to an activating group) is 1. The number of rotatable bonds is 9. The van der Waals surface area contributed by atoms with Gasteiger partial charge in [0.05, 0.1) is 20.3 Å². The lowest BCUT2D eigenvalue weighted by Crippen LogP contribution is -2.40. The monoisotopic (exact) mass is 322 g/mol. The standard InChI is InChI=1S/C17H26N2O4/c1-13(2)18-16(20)12-19(3)17(21)6-5-11-23-15-9-7-14(22-4)8-10-15/h7-10,13H,5-6,11-12H2,1-4H3,(H,18,20). The van der Waals surface area contributed by atoms with Crippen LogP contribution in [0.5, 0.6) is 11.5 Å². The van der Waals surface area contributed by atoms with Crippen molar-refractivity contribution in [2.24, 2.45) is 0 Å². The van der Waals surface area contributed by atoms with E-state index in [0.29, 0.717) is 19.4 Å². The van der Waals surface area contributed by atoms with E-state index in [1.807, 2.05) is 38.1 Å². The summed E-state index contributed by atoms with van der Waals surface area (Å²) in [5.74, 6) is 1.30. The number of nitrogens with one attached hydrogen (secondary N) is 1. The van der Waals surface area contributed by atoms with Crippen molar-refractivity contribution in [1.29, 1.82) is 0 Å². The van der Waals surface area contributed by atoms with E-state index in [1.165, 1.54) is 4.90 Å². The van der Waals surface area contributed by atoms with Gasteiger partial charge in [-0.25, -0.2) is 0 Å². The molecule has 23 heavy (non-hydrogen) atoms. The molecule has 0 aliphatic heterocycles. The number of benzene rings is 1. The van der Waals surface area contributed by atoms with Gasteiger partial charge in [0.15, 0.2) is 0 Å². The topological polar surface area (TPSA) is 67.9 Å². The summed E-state index contributed by atoms with van der Waals surface area (Å²) >= 11 is 0. The normalized spacial score (nSPS) is 10.3. The molecule has 6 heteroatoms. The van der Waals surface area contributed by atoms with E-state index in [0.717, 1.165) is 11.5 Å². The van der Waals surface area contributed by atoms with E-state index >= 15 is 0 Å². The third-order valence-electron chi connectivity index (χ3n) is 3.12. The largest absolute Gasteiger partial charge is 0.497 e. The molecule has 0 fully saturated rings. The number of hydrogen-bond acceptors (Lipinski definition) is 4. The first kappa shape index (κ1) is 18.8. The van der Waals surface area contributed by atoms with Crippen molar-refractivity contribution >= 4 is 11.8 Å². The maximum Gasteiger partial charge on any atom is 0.239 e. The minimum atomic E-state index is -0.148. The Morgan fingerprint density at radius 2 is 1.78 bits per heavy atom. The predicted molar refractivity (Wildman–Crippen MR) is 88.6 cm³/mol. The van der Waals surface area contributed by atoms with Crippen LogP contribution in [0.15, 0.2) is 24.3 Å². The fourth-order valence-electron chi connectivity index (χ4n) is 1.95. The van der Waals surface area contributed by atoms with Gasteiger partial charge in [0, 0.05) is 19.5 Å². The van der Waals surface area contributed by atoms with Gasteiger partial charge in [0.25, 0.3) is 0 Å². The summed E-state index contributed by atoms with van der Waals surface area (Å²) in [5.41, 5.74) is 0. The maximum absolute atomic E-state index is 11.9. The summed E-state index contributed by atoms with van der Waals surface area (Å²) in [6.07, 6.45) is 0.947. The van der Waals surface area contributed by atoms with Crippen molar-refractivity contribution < 1.29 is 19.1 Å². The van der Waals surface area contributed by atoms with Gasteiger partial charge in [0.2, 0.25) is 11.8 Å². The Labute approximate surface area is 137 Å². The van der Waals surface area contributed by atoms with Crippen LogP contribution in [0.25, 0.3) is 0 Å². The van der Waals surface area contributed by atoms with E-state index in [-0.39, 0.29) is 24.4 Å². The van der Waals surface area contributed by atoms with Gasteiger partial charge < -0.3 is 19.7 Å². The lowest BCUT2D eigenvalue weighted by Gasteiger charge is -2.18. The molecule has 0 radical (unpaired) electrons. The summed E-state index contributed by atoms with van der Waals surface area (Å²) in [4.78, 5) is 25.0. The Bertz CT molecular complexity index is 500. The molecular weight excluding hydrogens is 296 g/mol. The van der Waals surface area contributed by atoms with Gasteiger partial charge in [-0.05, 0) is 44.5 Å². The SMILES string of the molecule is COc1ccc(OCCCC(=O)N(C)CC(=O)NC(C)C)cc1. The third-order valence-corrected chi connectivity index (χ3v) is 3.12. The third kappa shape index (κ3) is 7.54. The average Bonchev–Trinajstić information content (AvgIpc) is 2.50. The Kier molecular flexibility index (Phi) is 7.94. The van der Waals surface area contributed by atoms with Crippen molar-refractivity contribution in [2.45, 2.75) is 32.7 Å². The van der Waals surface area contributed by atoms with Gasteiger partial charge >= 0.3 is 0 Å². The van der Waals surface area contributed by atoms with Gasteiger partial charge in [-0.1, -0.05) is 0 Å². The molecule has 6 nitrogen and oxygen atoms in total. The highest BCUT2D eigenvalue weighted by molar-refractivity contribution is 5.84. The molecular formula is C17H26N2O4. The smallest absolute Gasteiger partial charge is 0.239 e. The van der Waals surface area contributed by atoms with Crippen LogP contribution in [0, 0.1) is 0 Å². The first-order valence-electron chi connectivity index (χ1n) is 7.72. The van der Waals surface area contributed by atoms with Crippen LogP contribution in [0.2, 0.25) is 0 Å². The minimum Gasteiger partial charge on any atom is -0.497 e. The number of nitrogens with zero attached hydrogens (tertiary/aromatic N) is 1. The first-order chi connectivity index (χ1) is 10.9. The van der Waals surface area contributed by atoms with E-state index in [9.17, 15) is 9.59 Å². The van der Waals surface area contributed by atoms with Crippen LogP contribution in [0.4, 0.5) is 0 Å². The molecule has 0 aliphatic carbocycles. The van der Waals surface area contributed by atoms with Crippen LogP contribution in [0.3, 0.4) is 0 Å². The van der Waals surface area contributed by atoms with Crippen LogP contribution in [-0.2, 0) is 9.59 Å². The number of carbonyl (C=O) groups excluding carboxylic acids is 2. The molecule has 0 unspecified atom stereocenters. The highest BCUT2D eigenvalue weighted by Gasteiger charge is 2.13. The Hall–Kier alpha value is -2.24. The predicted octanol–water partition coefficient (Wildman–Crippen LogP) is 1.84. The summed E-state index contributed by atoms with van der Waals surface area (Å²) < 4.78 is 10.6. The van der Waals surface area contributed by atoms with Crippen LogP contribution in [0.1, 0.15) is 26.7 Å². The second-order valence-electron chi connectivity index (χ2n) is 5.60. The molecule has 0 heterocycles. The zero-order valence-electron chi connectivity index (χ0n) is 14.3. The highest BCUT2D eigenvalue weighted by atomic mass is 16.5. The first-order valence-corrected chi connectivity index (χ1v) is 7.72. The minimum absolute atomic E-state index is 0.0674. The van der Waals surface area contributed by atoms with Crippen LogP contribution >= 0.6 is 0 Å². The molecule has 0 spiro atoms. The summed E-state index contributed by atoms with van der Waals surface area (Å²) in [5, 5.41) is 2.76. The molecule has 1 aromatic carbocycles. The molecule has 128 valence electrons. The van der Waals surface area contributed by atoms with Gasteiger partial charge in [0.1, 0.15) is 11.5 Å². The zero-order chi connectivity index (χ0) is 17.2. The van der Waals surface area contributed by atoms with Crippen LogP contribution in [-0.4, -0.2) is 50.1 Å². The summed E-state index contributed by atoms with van der Waals surface area (Å²) in [6.45, 7) is 4.30. The number of amides is 2. The molecule has 0 aliphatic rings. The number of methoxy groups -OCH3 is 1. The van der Waals surface area contributed by atoms with Gasteiger partial charge in [-0.2, -0.15) is 0 Å². The van der Waals surface area contributed by atoms with Gasteiger partial charge in [-0.15, -0.1) is 0 Å². The number of hydrogen-bond donors (Lipinski definition) is 1. The lowest BCUT2D eigenvalue weighted by atomic mass is 10.3. The van der Waals surface area contributed by atoms with E-state index in [4.69, 9.17) is 9.47 Å². The van der Waals surface area contributed by atoms with Crippen molar-refractivity contribution in [3.05, 3.63) is 24.3 Å². The highest BCUT2D eigenvalue weighted by Crippen LogP contribution is 2.17. The van der Waals surface area contributed by atoms with Gasteiger partial charge in [-0.3, -0.25) is 9.59 Å². The van der Waals surface area contributed by atoms with Crippen molar-refractivity contribution in [3.8, 4) is 11.5 Å². The Morgan fingerprint density at radius 3 is 2.35 bits per heavy atom. The fourth-order valence-corrected chi connectivity index (χ4v) is 1.95. The molecule has 1 N–H and O–H groups in total. The molecule has 1 aromatic rings. The van der Waals surface area contributed by atoms with E-state index < -0.39 is 0 Å². The van der Waals surface area contributed by atoms with Crippen molar-refractivity contribution in [1.82, 2.24) is 10.2 Å². The van der Waals surface area contributed by atoms with Crippen molar-refractivity contribution in [2.75, 3.05) is 27.3 Å². The second kappa shape index (κ2) is 9.71. The molecule has 0 atom stereocenters. The van der Waals surface area contributed by atoms with Crippen LogP contribution < -0.4 is 14.8 Å². The molecule has 1 rings (SSSR count). The summed E-state index contributed by atoms with van der Waals surface area (Å²) in [7, 11) is 3.24. The Balaban J connectivity index is 2.23. The molecule has 0 saturated heterocycles. The Morgan fingerprint density at radius 1 is 1.17 bits per heavy atom. The quantitative estimate of drug-likeness (QED) is 0.704. The molecule has 0 bridgehead atoms. The maximum atomic E-state index is 11.9. The fraction of sp³-hybridized carbons (Fsp3) is 0.529. The number of ether oxygens (including phenoxy) is 2. The second-order valence-corrected chi connectivity index (χ2v) is 5.60. The summed E-state index contributed by atoms with van der Waals surface area (Å²) in [6, 6.07) is 7.36. The van der Waals surface area contributed by atoms with E-state index in [2.05, 4.69) is 5.32 Å². The zero-order valence-corrected chi connectivity index (χ0v) is 14.3. The average molecular weight is 322 g/mol. The number of carbonyl (C=O) groups is 2. The molecule has 0 saturated carbocycles. The van der Waals surface area contributed by atoms with E-state index in [1.54, 1.807) is 14.2 Å². The van der Waals surface area contributed by atoms with Crippen molar-refractivity contribution in [3.63, 3.8) is 0 Å². The molecule has 0 aromatic heterocycles.